The first-order chi connectivity index (χ1) is 13.5. The smallest absolute Gasteiger partial charge is 0.340 e. The number of benzene rings is 2. The van der Waals surface area contributed by atoms with Gasteiger partial charge in [0.1, 0.15) is 17.1 Å². The number of aryl methyl sites for hydroxylation is 1. The van der Waals surface area contributed by atoms with Gasteiger partial charge in [-0.15, -0.1) is 0 Å². The molecule has 2 aromatic carbocycles. The molecular formula is C21H18FNO5. The number of halogens is 1. The van der Waals surface area contributed by atoms with Crippen LogP contribution in [0.15, 0.2) is 45.6 Å². The SMILES string of the molecule is COC(=O)Cc1c(C)c2ccc3c(c2oc1=O)CN(c1ccc(F)cc1)CO3. The Kier molecular flexibility index (Phi) is 4.50. The lowest BCUT2D eigenvalue weighted by Crippen LogP contribution is -2.32. The Bertz CT molecular complexity index is 1120. The Morgan fingerprint density at radius 2 is 1.96 bits per heavy atom. The highest BCUT2D eigenvalue weighted by molar-refractivity contribution is 5.87. The van der Waals surface area contributed by atoms with E-state index < -0.39 is 11.6 Å². The summed E-state index contributed by atoms with van der Waals surface area (Å²) in [5.41, 5.74) is 2.36. The van der Waals surface area contributed by atoms with E-state index >= 15 is 0 Å². The first-order valence-corrected chi connectivity index (χ1v) is 8.76. The van der Waals surface area contributed by atoms with Crippen LogP contribution in [0.4, 0.5) is 10.1 Å². The number of hydrogen-bond donors (Lipinski definition) is 0. The number of fused-ring (bicyclic) bond motifs is 3. The maximum Gasteiger partial charge on any atom is 0.340 e. The molecule has 1 aliphatic rings. The van der Waals surface area contributed by atoms with Crippen molar-refractivity contribution in [3.63, 3.8) is 0 Å². The van der Waals surface area contributed by atoms with Crippen LogP contribution in [0.1, 0.15) is 16.7 Å². The summed E-state index contributed by atoms with van der Waals surface area (Å²) in [6.07, 6.45) is -0.143. The molecular weight excluding hydrogens is 365 g/mol. The molecule has 28 heavy (non-hydrogen) atoms. The van der Waals surface area contributed by atoms with Crippen molar-refractivity contribution in [3.05, 3.63) is 69.3 Å². The second-order valence-corrected chi connectivity index (χ2v) is 6.61. The molecule has 3 aromatic rings. The van der Waals surface area contributed by atoms with Crippen LogP contribution in [0.25, 0.3) is 11.0 Å². The fourth-order valence-electron chi connectivity index (χ4n) is 3.40. The zero-order chi connectivity index (χ0) is 19.8. The van der Waals surface area contributed by atoms with Gasteiger partial charge in [0.05, 0.1) is 31.2 Å². The molecule has 0 saturated carbocycles. The predicted molar refractivity (Wildman–Crippen MR) is 101 cm³/mol. The third-order valence-corrected chi connectivity index (χ3v) is 4.98. The molecule has 7 heteroatoms. The third-order valence-electron chi connectivity index (χ3n) is 4.98. The van der Waals surface area contributed by atoms with E-state index in [1.807, 2.05) is 17.0 Å². The summed E-state index contributed by atoms with van der Waals surface area (Å²) in [7, 11) is 1.28. The molecule has 0 radical (unpaired) electrons. The van der Waals surface area contributed by atoms with Crippen LogP contribution in [0.3, 0.4) is 0 Å². The number of hydrogen-bond acceptors (Lipinski definition) is 6. The van der Waals surface area contributed by atoms with Gasteiger partial charge in [-0.1, -0.05) is 0 Å². The number of methoxy groups -OCH3 is 1. The van der Waals surface area contributed by atoms with Crippen LogP contribution in [0.5, 0.6) is 5.75 Å². The van der Waals surface area contributed by atoms with Crippen molar-refractivity contribution < 1.29 is 23.1 Å². The second-order valence-electron chi connectivity index (χ2n) is 6.61. The lowest BCUT2D eigenvalue weighted by atomic mass is 10.00. The highest BCUT2D eigenvalue weighted by Gasteiger charge is 2.24. The maximum atomic E-state index is 13.2. The van der Waals surface area contributed by atoms with E-state index in [4.69, 9.17) is 9.15 Å². The van der Waals surface area contributed by atoms with Crippen LogP contribution >= 0.6 is 0 Å². The van der Waals surface area contributed by atoms with Gasteiger partial charge >= 0.3 is 11.6 Å². The van der Waals surface area contributed by atoms with Gasteiger partial charge < -0.3 is 18.8 Å². The molecule has 0 aliphatic carbocycles. The molecule has 1 aromatic heterocycles. The molecule has 1 aliphatic heterocycles. The van der Waals surface area contributed by atoms with Crippen LogP contribution in [-0.4, -0.2) is 19.8 Å². The highest BCUT2D eigenvalue weighted by atomic mass is 19.1. The first-order valence-electron chi connectivity index (χ1n) is 8.76. The summed E-state index contributed by atoms with van der Waals surface area (Å²) in [6, 6.07) is 9.76. The highest BCUT2D eigenvalue weighted by Crippen LogP contribution is 2.35. The average Bonchev–Trinajstić information content (AvgIpc) is 2.71. The molecule has 0 amide bonds. The molecule has 0 saturated heterocycles. The van der Waals surface area contributed by atoms with Crippen molar-refractivity contribution in [2.45, 2.75) is 19.9 Å². The number of carbonyl (C=O) groups excluding carboxylic acids is 1. The molecule has 0 atom stereocenters. The van der Waals surface area contributed by atoms with Gasteiger partial charge in [0.15, 0.2) is 6.73 Å². The van der Waals surface area contributed by atoms with Crippen LogP contribution in [-0.2, 0) is 22.5 Å². The monoisotopic (exact) mass is 383 g/mol. The summed E-state index contributed by atoms with van der Waals surface area (Å²) in [6.45, 7) is 2.52. The Hall–Kier alpha value is -3.35. The largest absolute Gasteiger partial charge is 0.473 e. The van der Waals surface area contributed by atoms with E-state index in [9.17, 15) is 14.0 Å². The maximum absolute atomic E-state index is 13.2. The van der Waals surface area contributed by atoms with Gasteiger partial charge in [-0.2, -0.15) is 0 Å². The second kappa shape index (κ2) is 6.99. The third kappa shape index (κ3) is 3.09. The number of nitrogens with zero attached hydrogens (tertiary/aromatic N) is 1. The zero-order valence-electron chi connectivity index (χ0n) is 15.5. The van der Waals surface area contributed by atoms with Crippen molar-refractivity contribution >= 4 is 22.6 Å². The minimum atomic E-state index is -0.567. The Morgan fingerprint density at radius 3 is 2.68 bits per heavy atom. The molecule has 144 valence electrons. The van der Waals surface area contributed by atoms with Gasteiger partial charge in [0.25, 0.3) is 0 Å². The number of ether oxygens (including phenoxy) is 2. The molecule has 0 bridgehead atoms. The lowest BCUT2D eigenvalue weighted by Gasteiger charge is -2.31. The molecule has 4 rings (SSSR count). The Morgan fingerprint density at radius 1 is 1.21 bits per heavy atom. The van der Waals surface area contributed by atoms with Gasteiger partial charge in [-0.05, 0) is 48.9 Å². The van der Waals surface area contributed by atoms with E-state index in [2.05, 4.69) is 4.74 Å². The number of rotatable bonds is 3. The Balaban J connectivity index is 1.79. The van der Waals surface area contributed by atoms with Gasteiger partial charge in [-0.3, -0.25) is 4.79 Å². The fourth-order valence-corrected chi connectivity index (χ4v) is 3.40. The standard InChI is InChI=1S/C21H18FNO5/c1-12-15-7-8-18-17(20(15)28-21(25)16(12)9-19(24)26-2)10-23(11-27-18)14-5-3-13(22)4-6-14/h3-8H,9-11H2,1-2H3. The van der Waals surface area contributed by atoms with Crippen LogP contribution < -0.4 is 15.3 Å². The fraction of sp³-hybridized carbons (Fsp3) is 0.238. The summed E-state index contributed by atoms with van der Waals surface area (Å²) >= 11 is 0. The van der Waals surface area contributed by atoms with Crippen LogP contribution in [0, 0.1) is 12.7 Å². The molecule has 0 N–H and O–H groups in total. The lowest BCUT2D eigenvalue weighted by molar-refractivity contribution is -0.139. The van der Waals surface area contributed by atoms with Gasteiger partial charge in [0, 0.05) is 11.1 Å². The molecule has 0 spiro atoms. The number of anilines is 1. The Labute approximate surface area is 160 Å². The van der Waals surface area contributed by atoms with E-state index in [1.165, 1.54) is 19.2 Å². The van der Waals surface area contributed by atoms with Crippen molar-refractivity contribution in [3.8, 4) is 5.75 Å². The van der Waals surface area contributed by atoms with E-state index in [-0.39, 0.29) is 17.8 Å². The summed E-state index contributed by atoms with van der Waals surface area (Å²) in [5.74, 6) is -0.181. The average molecular weight is 383 g/mol. The van der Waals surface area contributed by atoms with Crippen molar-refractivity contribution in [1.29, 1.82) is 0 Å². The first kappa shape index (κ1) is 18.0. The normalized spacial score (nSPS) is 13.2. The summed E-state index contributed by atoms with van der Waals surface area (Å²) in [4.78, 5) is 26.0. The summed E-state index contributed by atoms with van der Waals surface area (Å²) in [5, 5.41) is 0.738. The van der Waals surface area contributed by atoms with Gasteiger partial charge in [-0.25, -0.2) is 9.18 Å². The topological polar surface area (TPSA) is 69.0 Å². The molecule has 2 heterocycles. The van der Waals surface area contributed by atoms with E-state index in [1.54, 1.807) is 19.1 Å². The molecule has 0 fully saturated rings. The number of esters is 1. The predicted octanol–water partition coefficient (Wildman–Crippen LogP) is 3.31. The minimum Gasteiger partial charge on any atom is -0.473 e. The van der Waals surface area contributed by atoms with E-state index in [0.717, 1.165) is 16.6 Å². The zero-order valence-corrected chi connectivity index (χ0v) is 15.5. The van der Waals surface area contributed by atoms with Crippen molar-refractivity contribution in [2.75, 3.05) is 18.7 Å². The number of carbonyl (C=O) groups is 1. The van der Waals surface area contributed by atoms with Gasteiger partial charge in [0.2, 0.25) is 0 Å². The summed E-state index contributed by atoms with van der Waals surface area (Å²) < 4.78 is 29.3. The van der Waals surface area contributed by atoms with Crippen molar-refractivity contribution in [1.82, 2.24) is 0 Å². The molecule has 6 nitrogen and oxygen atoms in total. The van der Waals surface area contributed by atoms with Crippen molar-refractivity contribution in [2.24, 2.45) is 0 Å². The van der Waals surface area contributed by atoms with E-state index in [0.29, 0.717) is 30.2 Å². The molecule has 0 unspecified atom stereocenters. The minimum absolute atomic E-state index is 0.143. The quantitative estimate of drug-likeness (QED) is 0.511. The van der Waals surface area contributed by atoms with Crippen LogP contribution in [0.2, 0.25) is 0 Å².